The minimum atomic E-state index is -4.57. The van der Waals surface area contributed by atoms with Crippen LogP contribution in [-0.4, -0.2) is 71.9 Å². The number of aromatic nitrogens is 4. The average Bonchev–Trinajstić information content (AvgIpc) is 3.52. The van der Waals surface area contributed by atoms with Crippen LogP contribution in [-0.2, 0) is 23.4 Å². The van der Waals surface area contributed by atoms with Crippen molar-refractivity contribution < 1.29 is 38.1 Å². The summed E-state index contributed by atoms with van der Waals surface area (Å²) in [6, 6.07) is 11.0. The van der Waals surface area contributed by atoms with Gasteiger partial charge in [-0.2, -0.15) is 5.09 Å². The first kappa shape index (κ1) is 32.1. The number of carbonyl (C=O) groups is 1. The second-order valence-corrected chi connectivity index (χ2v) is 13.0. The Morgan fingerprint density at radius 2 is 1.98 bits per heavy atom. The van der Waals surface area contributed by atoms with E-state index in [1.807, 2.05) is 18.2 Å². The molecule has 45 heavy (non-hydrogen) atoms. The summed E-state index contributed by atoms with van der Waals surface area (Å²) in [5.74, 6) is -0.544. The number of azide groups is 1. The Bertz CT molecular complexity index is 1820. The van der Waals surface area contributed by atoms with Crippen LogP contribution in [0.2, 0.25) is 0 Å². The highest BCUT2D eigenvalue weighted by atomic mass is 31.2. The number of nitrogens with two attached hydrogens (primary N) is 1. The number of ether oxygens (including phenoxy) is 2. The molecule has 6 atom stereocenters. The molecule has 0 amide bonds. The standard InChI is InChI=1S/C27H32N9O8P/c1-15(25(39)43-26(2,3)4)33-45(40,44-18-11-7-9-16-8-5-6-10-17(16)18)41-12-27(34-35-29)21(38)20(37)24(42-27)36-14-32-19-22(28)30-13-31-23(19)36/h5-11,13-15,20-21,24,37-38H,12H2,1-4H3,(H,33,40)(H2,28,30,31)/t15-,20+,21-,24+,27+,45?/m0/s1. The number of aliphatic hydroxyl groups excluding tert-OH is 2. The number of nitrogens with zero attached hydrogens (tertiary/aromatic N) is 7. The highest BCUT2D eigenvalue weighted by Gasteiger charge is 2.56. The smallest absolute Gasteiger partial charge is 0.459 e. The van der Waals surface area contributed by atoms with Gasteiger partial charge in [0.25, 0.3) is 0 Å². The molecule has 0 radical (unpaired) electrons. The summed E-state index contributed by atoms with van der Waals surface area (Å²) >= 11 is 0. The van der Waals surface area contributed by atoms with E-state index in [1.165, 1.54) is 24.1 Å². The fourth-order valence-corrected chi connectivity index (χ4v) is 6.24. The van der Waals surface area contributed by atoms with Gasteiger partial charge in [-0.25, -0.2) is 19.5 Å². The maximum atomic E-state index is 14.4. The zero-order valence-corrected chi connectivity index (χ0v) is 25.6. The van der Waals surface area contributed by atoms with E-state index in [2.05, 4.69) is 30.1 Å². The third-order valence-electron chi connectivity index (χ3n) is 6.80. The molecule has 4 aromatic rings. The molecule has 1 aliphatic rings. The summed E-state index contributed by atoms with van der Waals surface area (Å²) < 4.78 is 38.6. The zero-order chi connectivity index (χ0) is 32.6. The van der Waals surface area contributed by atoms with E-state index in [9.17, 15) is 25.1 Å². The molecule has 2 aromatic heterocycles. The van der Waals surface area contributed by atoms with E-state index < -0.39 is 56.1 Å². The van der Waals surface area contributed by atoms with Crippen LogP contribution in [0, 0.1) is 0 Å². The van der Waals surface area contributed by atoms with Crippen molar-refractivity contribution in [3.8, 4) is 5.75 Å². The van der Waals surface area contributed by atoms with Gasteiger partial charge in [-0.1, -0.05) is 41.5 Å². The number of nitrogens with one attached hydrogen (secondary N) is 1. The highest BCUT2D eigenvalue weighted by molar-refractivity contribution is 7.52. The van der Waals surface area contributed by atoms with E-state index in [0.29, 0.717) is 5.39 Å². The van der Waals surface area contributed by atoms with Crippen molar-refractivity contribution in [3.05, 3.63) is 65.6 Å². The number of imidazole rings is 1. The topological polar surface area (TPSA) is 242 Å². The third kappa shape index (κ3) is 6.55. The van der Waals surface area contributed by atoms with Crippen LogP contribution < -0.4 is 15.3 Å². The quantitative estimate of drug-likeness (QED) is 0.0639. The Hall–Kier alpha value is -4.34. The van der Waals surface area contributed by atoms with E-state index in [-0.39, 0.29) is 22.7 Å². The molecular formula is C27H32N9O8P. The lowest BCUT2D eigenvalue weighted by molar-refractivity contribution is -0.156. The van der Waals surface area contributed by atoms with Crippen molar-refractivity contribution in [2.75, 3.05) is 12.3 Å². The van der Waals surface area contributed by atoms with Crippen LogP contribution >= 0.6 is 7.75 Å². The lowest BCUT2D eigenvalue weighted by Gasteiger charge is -2.30. The van der Waals surface area contributed by atoms with Crippen molar-refractivity contribution in [2.24, 2.45) is 5.11 Å². The average molecular weight is 642 g/mol. The van der Waals surface area contributed by atoms with Gasteiger partial charge in [0.15, 0.2) is 17.7 Å². The van der Waals surface area contributed by atoms with Gasteiger partial charge in [0.1, 0.15) is 41.4 Å². The highest BCUT2D eigenvalue weighted by Crippen LogP contribution is 2.49. The molecule has 1 saturated heterocycles. The predicted molar refractivity (Wildman–Crippen MR) is 160 cm³/mol. The second-order valence-electron chi connectivity index (χ2n) is 11.3. The fourth-order valence-electron chi connectivity index (χ4n) is 4.71. The van der Waals surface area contributed by atoms with Gasteiger partial charge in [0, 0.05) is 10.3 Å². The van der Waals surface area contributed by atoms with Gasteiger partial charge in [-0.15, -0.1) is 0 Å². The SMILES string of the molecule is C[C@H](NP(=O)(OC[C@@]1(N=[N+]=[N-])O[C@@H](n2cnc3c(N)ncnc32)[C@H](O)[C@@H]1O)Oc1cccc2ccccc12)C(=O)OC(C)(C)C. The predicted octanol–water partition coefficient (Wildman–Crippen LogP) is 3.34. The molecule has 5 rings (SSSR count). The molecule has 1 unspecified atom stereocenters. The number of aliphatic hydroxyl groups is 2. The fraction of sp³-hybridized carbons (Fsp3) is 0.407. The summed E-state index contributed by atoms with van der Waals surface area (Å²) in [6.07, 6.45) is -2.58. The molecule has 1 fully saturated rings. The molecule has 0 aliphatic carbocycles. The Morgan fingerprint density at radius 3 is 2.71 bits per heavy atom. The molecular weight excluding hydrogens is 609 g/mol. The molecule has 0 saturated carbocycles. The Labute approximate surface area is 256 Å². The van der Waals surface area contributed by atoms with Crippen LogP contribution in [0.1, 0.15) is 33.9 Å². The molecule has 18 heteroatoms. The van der Waals surface area contributed by atoms with Crippen molar-refractivity contribution in [1.29, 1.82) is 0 Å². The van der Waals surface area contributed by atoms with Crippen molar-refractivity contribution >= 4 is 41.5 Å². The number of anilines is 1. The first-order valence-electron chi connectivity index (χ1n) is 13.7. The molecule has 17 nitrogen and oxygen atoms in total. The van der Waals surface area contributed by atoms with E-state index >= 15 is 0 Å². The maximum Gasteiger partial charge on any atom is 0.459 e. The summed E-state index contributed by atoms with van der Waals surface area (Å²) in [6.45, 7) is 5.53. The van der Waals surface area contributed by atoms with Crippen LogP contribution in [0.15, 0.2) is 60.2 Å². The first-order chi connectivity index (χ1) is 21.3. The lowest BCUT2D eigenvalue weighted by Crippen LogP contribution is -2.46. The van der Waals surface area contributed by atoms with Crippen molar-refractivity contribution in [1.82, 2.24) is 24.6 Å². The summed E-state index contributed by atoms with van der Waals surface area (Å²) in [7, 11) is -4.57. The van der Waals surface area contributed by atoms with Gasteiger partial charge in [0.05, 0.1) is 12.9 Å². The van der Waals surface area contributed by atoms with Gasteiger partial charge in [-0.05, 0) is 44.7 Å². The normalized spacial score (nSPS) is 23.7. The van der Waals surface area contributed by atoms with Crippen LogP contribution in [0.25, 0.3) is 32.4 Å². The lowest BCUT2D eigenvalue weighted by atomic mass is 10.1. The van der Waals surface area contributed by atoms with Gasteiger partial charge in [-0.3, -0.25) is 13.9 Å². The maximum absolute atomic E-state index is 14.4. The Balaban J connectivity index is 1.47. The number of benzene rings is 2. The number of hydrogen-bond acceptors (Lipinski definition) is 13. The minimum absolute atomic E-state index is 0.0631. The molecule has 0 spiro atoms. The third-order valence-corrected chi connectivity index (χ3v) is 8.41. The molecule has 0 bridgehead atoms. The van der Waals surface area contributed by atoms with Crippen LogP contribution in [0.5, 0.6) is 5.75 Å². The number of hydrogen-bond donors (Lipinski definition) is 4. The van der Waals surface area contributed by atoms with Crippen molar-refractivity contribution in [2.45, 2.75) is 63.5 Å². The Morgan fingerprint density at radius 1 is 1.24 bits per heavy atom. The van der Waals surface area contributed by atoms with Crippen molar-refractivity contribution in [3.63, 3.8) is 0 Å². The summed E-state index contributed by atoms with van der Waals surface area (Å²) in [5, 5.41) is 29.7. The molecule has 238 valence electrons. The number of fused-ring (bicyclic) bond motifs is 2. The first-order valence-corrected chi connectivity index (χ1v) is 15.3. The molecule has 3 heterocycles. The van der Waals surface area contributed by atoms with Gasteiger partial charge >= 0.3 is 13.7 Å². The van der Waals surface area contributed by atoms with Gasteiger partial charge < -0.3 is 29.9 Å². The summed E-state index contributed by atoms with van der Waals surface area (Å²) in [4.78, 5) is 27.7. The van der Waals surface area contributed by atoms with Gasteiger partial charge in [0.2, 0.25) is 5.72 Å². The summed E-state index contributed by atoms with van der Waals surface area (Å²) in [5.41, 5.74) is 12.5. The van der Waals surface area contributed by atoms with Crippen LogP contribution in [0.4, 0.5) is 5.82 Å². The van der Waals surface area contributed by atoms with Crippen LogP contribution in [0.3, 0.4) is 0 Å². The number of esters is 1. The van der Waals surface area contributed by atoms with E-state index in [1.54, 1.807) is 45.0 Å². The molecule has 2 aromatic carbocycles. The molecule has 5 N–H and O–H groups in total. The number of rotatable bonds is 10. The minimum Gasteiger partial charge on any atom is -0.459 e. The zero-order valence-electron chi connectivity index (χ0n) is 24.7. The monoisotopic (exact) mass is 641 g/mol. The number of carbonyl (C=O) groups excluding carboxylic acids is 1. The number of nitrogen functional groups attached to an aromatic ring is 1. The van der Waals surface area contributed by atoms with E-state index in [0.717, 1.165) is 5.39 Å². The second kappa shape index (κ2) is 12.2. The van der Waals surface area contributed by atoms with E-state index in [4.69, 9.17) is 24.3 Å². The Kier molecular flexibility index (Phi) is 8.70. The molecule has 1 aliphatic heterocycles. The largest absolute Gasteiger partial charge is 0.459 e.